The molecule has 144 valence electrons. The minimum absolute atomic E-state index is 0.186. The third-order valence-electron chi connectivity index (χ3n) is 4.44. The number of carbonyl (C=O) groups is 1. The van der Waals surface area contributed by atoms with Crippen molar-refractivity contribution in [3.63, 3.8) is 0 Å². The van der Waals surface area contributed by atoms with Crippen molar-refractivity contribution in [3.8, 4) is 17.1 Å². The van der Waals surface area contributed by atoms with Crippen molar-refractivity contribution in [2.75, 3.05) is 11.9 Å². The molecule has 1 saturated carbocycles. The van der Waals surface area contributed by atoms with E-state index in [2.05, 4.69) is 34.7 Å². The highest BCUT2D eigenvalue weighted by Gasteiger charge is 2.28. The third-order valence-corrected chi connectivity index (χ3v) is 4.44. The van der Waals surface area contributed by atoms with E-state index in [1.807, 2.05) is 41.1 Å². The van der Waals surface area contributed by atoms with Crippen LogP contribution in [0.3, 0.4) is 0 Å². The number of rotatable bonds is 7. The van der Waals surface area contributed by atoms with Gasteiger partial charge in [-0.2, -0.15) is 0 Å². The van der Waals surface area contributed by atoms with Crippen molar-refractivity contribution in [1.82, 2.24) is 20.2 Å². The molecule has 0 atom stereocenters. The Bertz CT molecular complexity index is 978. The highest BCUT2D eigenvalue weighted by molar-refractivity contribution is 6.04. The molecule has 0 saturated heterocycles. The molecule has 0 unspecified atom stereocenters. The first kappa shape index (κ1) is 18.2. The van der Waals surface area contributed by atoms with Gasteiger partial charge in [0.15, 0.2) is 5.82 Å². The molecule has 0 aliphatic heterocycles. The quantitative estimate of drug-likeness (QED) is 0.674. The maximum absolute atomic E-state index is 12.7. The van der Waals surface area contributed by atoms with E-state index < -0.39 is 0 Å². The Morgan fingerprint density at radius 2 is 2.04 bits per heavy atom. The number of benzene rings is 2. The fourth-order valence-electron chi connectivity index (χ4n) is 2.88. The van der Waals surface area contributed by atoms with Gasteiger partial charge in [-0.05, 0) is 59.5 Å². The second-order valence-electron chi connectivity index (χ2n) is 7.45. The summed E-state index contributed by atoms with van der Waals surface area (Å²) in [5.74, 6) is 1.66. The maximum atomic E-state index is 12.7. The number of hydrogen-bond acceptors (Lipinski definition) is 5. The van der Waals surface area contributed by atoms with Crippen molar-refractivity contribution in [2.45, 2.75) is 32.7 Å². The number of carbonyl (C=O) groups excluding carboxylic acids is 1. The normalized spacial score (nSPS) is 13.5. The fourth-order valence-corrected chi connectivity index (χ4v) is 2.88. The minimum atomic E-state index is -0.186. The zero-order chi connectivity index (χ0) is 19.5. The van der Waals surface area contributed by atoms with Gasteiger partial charge in [-0.15, -0.1) is 5.10 Å². The summed E-state index contributed by atoms with van der Waals surface area (Å²) in [5.41, 5.74) is 2.12. The van der Waals surface area contributed by atoms with Gasteiger partial charge in [0, 0.05) is 16.8 Å². The van der Waals surface area contributed by atoms with Crippen LogP contribution in [0.5, 0.6) is 5.75 Å². The molecule has 7 heteroatoms. The first-order chi connectivity index (χ1) is 13.6. The van der Waals surface area contributed by atoms with Gasteiger partial charge in [-0.25, -0.2) is 4.68 Å². The Kier molecular flexibility index (Phi) is 5.06. The Hall–Kier alpha value is -3.22. The molecule has 2 aromatic carbocycles. The standard InChI is InChI=1S/C21H23N5O2/c1-14(2)13-28-19-8-4-6-16(12-19)21(27)22-17-7-3-5-15(11-17)20-23-24-25-26(20)18-9-10-18/h3-8,11-12,14,18H,9-10,13H2,1-2H3,(H,22,27). The summed E-state index contributed by atoms with van der Waals surface area (Å²) < 4.78 is 7.57. The van der Waals surface area contributed by atoms with Crippen LogP contribution in [0.4, 0.5) is 5.69 Å². The lowest BCUT2D eigenvalue weighted by Crippen LogP contribution is -2.12. The fraction of sp³-hybridized carbons (Fsp3) is 0.333. The molecular weight excluding hydrogens is 354 g/mol. The second kappa shape index (κ2) is 7.80. The van der Waals surface area contributed by atoms with Crippen LogP contribution < -0.4 is 10.1 Å². The molecule has 0 spiro atoms. The molecule has 4 rings (SSSR count). The van der Waals surface area contributed by atoms with Gasteiger partial charge in [-0.3, -0.25) is 4.79 Å². The number of aromatic nitrogens is 4. The summed E-state index contributed by atoms with van der Waals surface area (Å²) in [6.07, 6.45) is 2.20. The van der Waals surface area contributed by atoms with E-state index in [1.165, 1.54) is 0 Å². The summed E-state index contributed by atoms with van der Waals surface area (Å²) in [4.78, 5) is 12.7. The van der Waals surface area contributed by atoms with Gasteiger partial charge in [0.1, 0.15) is 5.75 Å². The number of tetrazole rings is 1. The van der Waals surface area contributed by atoms with Crippen LogP contribution >= 0.6 is 0 Å². The number of anilines is 1. The molecule has 1 aliphatic rings. The van der Waals surface area contributed by atoms with Gasteiger partial charge in [0.25, 0.3) is 5.91 Å². The predicted molar refractivity (Wildman–Crippen MR) is 106 cm³/mol. The molecule has 1 N–H and O–H groups in total. The summed E-state index contributed by atoms with van der Waals surface area (Å²) >= 11 is 0. The lowest BCUT2D eigenvalue weighted by Gasteiger charge is -2.11. The second-order valence-corrected chi connectivity index (χ2v) is 7.45. The van der Waals surface area contributed by atoms with E-state index in [9.17, 15) is 4.79 Å². The van der Waals surface area contributed by atoms with Gasteiger partial charge >= 0.3 is 0 Å². The predicted octanol–water partition coefficient (Wildman–Crippen LogP) is 3.96. The molecule has 28 heavy (non-hydrogen) atoms. The first-order valence-corrected chi connectivity index (χ1v) is 9.52. The number of nitrogens with zero attached hydrogens (tertiary/aromatic N) is 4. The summed E-state index contributed by atoms with van der Waals surface area (Å²) in [6, 6.07) is 15.2. The van der Waals surface area contributed by atoms with Crippen LogP contribution in [0.1, 0.15) is 43.1 Å². The zero-order valence-corrected chi connectivity index (χ0v) is 16.0. The van der Waals surface area contributed by atoms with E-state index in [0.29, 0.717) is 35.6 Å². The lowest BCUT2D eigenvalue weighted by atomic mass is 10.1. The monoisotopic (exact) mass is 377 g/mol. The molecule has 7 nitrogen and oxygen atoms in total. The van der Waals surface area contributed by atoms with Crippen molar-refractivity contribution in [1.29, 1.82) is 0 Å². The zero-order valence-electron chi connectivity index (χ0n) is 16.0. The molecular formula is C21H23N5O2. The van der Waals surface area contributed by atoms with Crippen molar-refractivity contribution in [3.05, 3.63) is 54.1 Å². The van der Waals surface area contributed by atoms with Gasteiger partial charge in [-0.1, -0.05) is 32.0 Å². The van der Waals surface area contributed by atoms with Crippen LogP contribution in [-0.4, -0.2) is 32.7 Å². The number of hydrogen-bond donors (Lipinski definition) is 1. The van der Waals surface area contributed by atoms with Gasteiger partial charge in [0.2, 0.25) is 0 Å². The average Bonchev–Trinajstić information content (AvgIpc) is 3.43. The SMILES string of the molecule is CC(C)COc1cccc(C(=O)Nc2cccc(-c3nnnn3C3CC3)c2)c1. The van der Waals surface area contributed by atoms with E-state index in [0.717, 1.165) is 24.2 Å². The Balaban J connectivity index is 1.49. The van der Waals surface area contributed by atoms with Crippen LogP contribution in [0, 0.1) is 5.92 Å². The van der Waals surface area contributed by atoms with Crippen LogP contribution in [0.2, 0.25) is 0 Å². The topological polar surface area (TPSA) is 81.9 Å². The summed E-state index contributed by atoms with van der Waals surface area (Å²) in [5, 5.41) is 15.0. The van der Waals surface area contributed by atoms with Crippen LogP contribution in [0.15, 0.2) is 48.5 Å². The Morgan fingerprint density at radius 1 is 1.21 bits per heavy atom. The Morgan fingerprint density at radius 3 is 2.82 bits per heavy atom. The number of ether oxygens (including phenoxy) is 1. The van der Waals surface area contributed by atoms with E-state index in [-0.39, 0.29) is 5.91 Å². The van der Waals surface area contributed by atoms with Crippen LogP contribution in [0.25, 0.3) is 11.4 Å². The van der Waals surface area contributed by atoms with E-state index in [4.69, 9.17) is 4.74 Å². The van der Waals surface area contributed by atoms with Gasteiger partial charge in [0.05, 0.1) is 12.6 Å². The smallest absolute Gasteiger partial charge is 0.255 e. The molecule has 0 radical (unpaired) electrons. The van der Waals surface area contributed by atoms with Crippen molar-refractivity contribution < 1.29 is 9.53 Å². The molecule has 0 bridgehead atoms. The molecule has 1 fully saturated rings. The molecule has 1 amide bonds. The summed E-state index contributed by atoms with van der Waals surface area (Å²) in [6.45, 7) is 4.79. The van der Waals surface area contributed by atoms with Crippen molar-refractivity contribution >= 4 is 11.6 Å². The first-order valence-electron chi connectivity index (χ1n) is 9.52. The van der Waals surface area contributed by atoms with E-state index >= 15 is 0 Å². The lowest BCUT2D eigenvalue weighted by molar-refractivity contribution is 0.102. The van der Waals surface area contributed by atoms with E-state index in [1.54, 1.807) is 12.1 Å². The van der Waals surface area contributed by atoms with Crippen molar-refractivity contribution in [2.24, 2.45) is 5.92 Å². The number of amides is 1. The molecule has 3 aromatic rings. The number of nitrogens with one attached hydrogen (secondary N) is 1. The minimum Gasteiger partial charge on any atom is -0.493 e. The Labute approximate surface area is 163 Å². The molecule has 1 aromatic heterocycles. The molecule has 1 aliphatic carbocycles. The van der Waals surface area contributed by atoms with Gasteiger partial charge < -0.3 is 10.1 Å². The third kappa shape index (κ3) is 4.19. The average molecular weight is 377 g/mol. The summed E-state index contributed by atoms with van der Waals surface area (Å²) in [7, 11) is 0. The maximum Gasteiger partial charge on any atom is 0.255 e. The largest absolute Gasteiger partial charge is 0.493 e. The highest BCUT2D eigenvalue weighted by Crippen LogP contribution is 2.36. The molecule has 1 heterocycles. The highest BCUT2D eigenvalue weighted by atomic mass is 16.5. The van der Waals surface area contributed by atoms with Crippen LogP contribution in [-0.2, 0) is 0 Å².